The molecule has 0 bridgehead atoms. The minimum Gasteiger partial charge on any atom is -0.326 e. The normalized spacial score (nSPS) is 12.6. The second-order valence-electron chi connectivity index (χ2n) is 6.91. The van der Waals surface area contributed by atoms with Crippen LogP contribution in [0.2, 0.25) is 0 Å². The average molecular weight is 391 g/mol. The second kappa shape index (κ2) is 8.40. The van der Waals surface area contributed by atoms with E-state index in [-0.39, 0.29) is 11.8 Å². The van der Waals surface area contributed by atoms with E-state index in [1.807, 2.05) is 58.8 Å². The number of anilines is 2. The van der Waals surface area contributed by atoms with Crippen LogP contribution >= 0.6 is 11.3 Å². The Labute approximate surface area is 168 Å². The molecule has 0 saturated heterocycles. The molecule has 28 heavy (non-hydrogen) atoms. The van der Waals surface area contributed by atoms with E-state index in [1.54, 1.807) is 0 Å². The number of amides is 2. The van der Waals surface area contributed by atoms with Gasteiger partial charge in [0.2, 0.25) is 5.91 Å². The highest BCUT2D eigenvalue weighted by Gasteiger charge is 2.26. The van der Waals surface area contributed by atoms with E-state index >= 15 is 0 Å². The van der Waals surface area contributed by atoms with Crippen molar-refractivity contribution in [2.24, 2.45) is 0 Å². The van der Waals surface area contributed by atoms with Crippen LogP contribution in [-0.4, -0.2) is 18.4 Å². The zero-order chi connectivity index (χ0) is 19.3. The maximum atomic E-state index is 12.6. The van der Waals surface area contributed by atoms with Gasteiger partial charge in [0, 0.05) is 24.3 Å². The number of nitrogens with zero attached hydrogens (tertiary/aromatic N) is 1. The van der Waals surface area contributed by atoms with Gasteiger partial charge in [-0.05, 0) is 60.0 Å². The third kappa shape index (κ3) is 4.15. The van der Waals surface area contributed by atoms with Crippen molar-refractivity contribution in [3.05, 3.63) is 82.0 Å². The van der Waals surface area contributed by atoms with Crippen LogP contribution in [0, 0.1) is 0 Å². The third-order valence-electron chi connectivity index (χ3n) is 4.95. The van der Waals surface area contributed by atoms with Crippen molar-refractivity contribution < 1.29 is 9.59 Å². The Morgan fingerprint density at radius 1 is 1.04 bits per heavy atom. The van der Waals surface area contributed by atoms with Gasteiger partial charge in [-0.25, -0.2) is 0 Å². The lowest BCUT2D eigenvalue weighted by Crippen LogP contribution is -2.28. The van der Waals surface area contributed by atoms with Crippen molar-refractivity contribution in [1.82, 2.24) is 0 Å². The molecule has 0 atom stereocenters. The van der Waals surface area contributed by atoms with Crippen LogP contribution in [-0.2, 0) is 17.6 Å². The monoisotopic (exact) mass is 390 g/mol. The average Bonchev–Trinajstić information content (AvgIpc) is 3.38. The van der Waals surface area contributed by atoms with Crippen LogP contribution in [0.5, 0.6) is 0 Å². The Kier molecular flexibility index (Phi) is 5.53. The van der Waals surface area contributed by atoms with E-state index < -0.39 is 0 Å². The molecule has 1 aliphatic rings. The molecule has 2 aromatic carbocycles. The fourth-order valence-electron chi connectivity index (χ4n) is 3.54. The molecule has 4 nitrogen and oxygen atoms in total. The summed E-state index contributed by atoms with van der Waals surface area (Å²) in [5.74, 6) is 0.0758. The molecule has 0 radical (unpaired) electrons. The molecule has 4 rings (SSSR count). The predicted molar refractivity (Wildman–Crippen MR) is 114 cm³/mol. The lowest BCUT2D eigenvalue weighted by atomic mass is 10.1. The number of nitrogens with one attached hydrogen (secondary N) is 1. The van der Waals surface area contributed by atoms with Crippen molar-refractivity contribution in [2.75, 3.05) is 16.8 Å². The number of carbonyl (C=O) groups is 2. The van der Waals surface area contributed by atoms with Crippen molar-refractivity contribution in [3.8, 4) is 0 Å². The van der Waals surface area contributed by atoms with Crippen LogP contribution in [0.1, 0.15) is 33.6 Å². The molecule has 142 valence electrons. The van der Waals surface area contributed by atoms with Crippen molar-refractivity contribution in [2.45, 2.75) is 25.7 Å². The van der Waals surface area contributed by atoms with Gasteiger partial charge in [-0.3, -0.25) is 9.59 Å². The highest BCUT2D eigenvalue weighted by Crippen LogP contribution is 2.32. The highest BCUT2D eigenvalue weighted by atomic mass is 32.1. The number of thiophene rings is 1. The summed E-state index contributed by atoms with van der Waals surface area (Å²) in [6.07, 6.45) is 3.03. The molecule has 0 unspecified atom stereocenters. The van der Waals surface area contributed by atoms with Gasteiger partial charge in [-0.15, -0.1) is 11.3 Å². The molecular formula is C23H22N2O2S. The quantitative estimate of drug-likeness (QED) is 0.650. The Balaban J connectivity index is 1.34. The molecule has 5 heteroatoms. The number of rotatable bonds is 6. The van der Waals surface area contributed by atoms with E-state index in [0.29, 0.717) is 13.0 Å². The van der Waals surface area contributed by atoms with Gasteiger partial charge in [0.1, 0.15) is 0 Å². The second-order valence-corrected chi connectivity index (χ2v) is 7.86. The van der Waals surface area contributed by atoms with Gasteiger partial charge in [0.25, 0.3) is 5.91 Å². The number of hydrogen-bond acceptors (Lipinski definition) is 3. The van der Waals surface area contributed by atoms with Gasteiger partial charge in [-0.2, -0.15) is 0 Å². The molecule has 2 heterocycles. The van der Waals surface area contributed by atoms with Gasteiger partial charge >= 0.3 is 0 Å². The summed E-state index contributed by atoms with van der Waals surface area (Å²) in [6, 6.07) is 19.8. The molecule has 1 N–H and O–H groups in total. The van der Waals surface area contributed by atoms with Crippen molar-refractivity contribution >= 4 is 34.5 Å². The topological polar surface area (TPSA) is 49.4 Å². The Morgan fingerprint density at radius 2 is 1.89 bits per heavy atom. The van der Waals surface area contributed by atoms with E-state index in [4.69, 9.17) is 0 Å². The molecule has 0 fully saturated rings. The van der Waals surface area contributed by atoms with E-state index in [2.05, 4.69) is 17.4 Å². The van der Waals surface area contributed by atoms with Crippen molar-refractivity contribution in [1.29, 1.82) is 0 Å². The molecule has 1 aliphatic heterocycles. The van der Waals surface area contributed by atoms with Gasteiger partial charge in [-0.1, -0.05) is 36.4 Å². The predicted octanol–water partition coefficient (Wildman–Crippen LogP) is 4.91. The van der Waals surface area contributed by atoms with E-state index in [9.17, 15) is 9.59 Å². The minimum atomic E-state index is 0.0281. The zero-order valence-electron chi connectivity index (χ0n) is 15.6. The smallest absolute Gasteiger partial charge is 0.268 e. The Bertz CT molecular complexity index is 968. The lowest BCUT2D eigenvalue weighted by molar-refractivity contribution is -0.116. The van der Waals surface area contributed by atoms with Crippen LogP contribution in [0.4, 0.5) is 11.4 Å². The summed E-state index contributed by atoms with van der Waals surface area (Å²) in [5, 5.41) is 4.91. The van der Waals surface area contributed by atoms with Gasteiger partial charge < -0.3 is 10.2 Å². The fraction of sp³-hybridized carbons (Fsp3) is 0.217. The first-order valence-corrected chi connectivity index (χ1v) is 10.4. The molecular weight excluding hydrogens is 368 g/mol. The molecule has 3 aromatic rings. The Hall–Kier alpha value is -2.92. The summed E-state index contributed by atoms with van der Waals surface area (Å²) >= 11 is 1.46. The first kappa shape index (κ1) is 18.4. The van der Waals surface area contributed by atoms with Crippen LogP contribution in [0.15, 0.2) is 66.0 Å². The zero-order valence-corrected chi connectivity index (χ0v) is 16.4. The summed E-state index contributed by atoms with van der Waals surface area (Å²) in [5.41, 5.74) is 4.10. The van der Waals surface area contributed by atoms with Crippen molar-refractivity contribution in [3.63, 3.8) is 0 Å². The van der Waals surface area contributed by atoms with E-state index in [1.165, 1.54) is 16.9 Å². The summed E-state index contributed by atoms with van der Waals surface area (Å²) in [4.78, 5) is 27.5. The highest BCUT2D eigenvalue weighted by molar-refractivity contribution is 7.12. The fourth-order valence-corrected chi connectivity index (χ4v) is 4.22. The van der Waals surface area contributed by atoms with Crippen LogP contribution < -0.4 is 10.2 Å². The molecule has 2 amide bonds. The minimum absolute atomic E-state index is 0.0281. The number of aryl methyl sites for hydroxylation is 1. The number of fused-ring (bicyclic) bond motifs is 1. The Morgan fingerprint density at radius 3 is 2.68 bits per heavy atom. The first-order chi connectivity index (χ1) is 13.7. The largest absolute Gasteiger partial charge is 0.326 e. The summed E-state index contributed by atoms with van der Waals surface area (Å²) in [6.45, 7) is 0.681. The standard InChI is InChI=1S/C23H22N2O2S/c26-22(10-4-8-17-6-2-1-3-7-17)24-19-11-12-20-18(16-19)13-14-25(20)23(27)21-9-5-15-28-21/h1-3,5-7,9,11-12,15-16H,4,8,10,13-14H2,(H,24,26). The maximum Gasteiger partial charge on any atom is 0.268 e. The van der Waals surface area contributed by atoms with E-state index in [0.717, 1.165) is 41.1 Å². The summed E-state index contributed by atoms with van der Waals surface area (Å²) in [7, 11) is 0. The van der Waals surface area contributed by atoms with Crippen LogP contribution in [0.25, 0.3) is 0 Å². The number of hydrogen-bond donors (Lipinski definition) is 1. The molecule has 1 aromatic heterocycles. The number of carbonyl (C=O) groups excluding carboxylic acids is 2. The molecule has 0 spiro atoms. The molecule has 0 aliphatic carbocycles. The SMILES string of the molecule is O=C(CCCc1ccccc1)Nc1ccc2c(c1)CCN2C(=O)c1cccs1. The number of benzene rings is 2. The van der Waals surface area contributed by atoms with Gasteiger partial charge in [0.05, 0.1) is 4.88 Å². The molecule has 0 saturated carbocycles. The van der Waals surface area contributed by atoms with Gasteiger partial charge in [0.15, 0.2) is 0 Å². The van der Waals surface area contributed by atoms with Crippen LogP contribution in [0.3, 0.4) is 0 Å². The maximum absolute atomic E-state index is 12.6. The lowest BCUT2D eigenvalue weighted by Gasteiger charge is -2.16. The summed E-state index contributed by atoms with van der Waals surface area (Å²) < 4.78 is 0. The third-order valence-corrected chi connectivity index (χ3v) is 5.81. The first-order valence-electron chi connectivity index (χ1n) is 9.53.